The molecule has 0 aromatic carbocycles. The molecule has 2 saturated carbocycles. The van der Waals surface area contributed by atoms with E-state index in [1.165, 1.54) is 6.42 Å². The van der Waals surface area contributed by atoms with Crippen LogP contribution in [0.2, 0.25) is 0 Å². The van der Waals surface area contributed by atoms with Gasteiger partial charge in [0, 0.05) is 25.0 Å². The largest absolute Gasteiger partial charge is 0.396 e. The summed E-state index contributed by atoms with van der Waals surface area (Å²) in [6.07, 6.45) is 4.75. The minimum absolute atomic E-state index is 0.0446. The van der Waals surface area contributed by atoms with Crippen molar-refractivity contribution in [3.63, 3.8) is 0 Å². The van der Waals surface area contributed by atoms with Gasteiger partial charge in [-0.05, 0) is 43.4 Å². The average molecular weight is 296 g/mol. The molecule has 2 rings (SSSR count). The molecule has 2 bridgehead atoms. The highest BCUT2D eigenvalue weighted by atomic mass is 16.3. The van der Waals surface area contributed by atoms with E-state index in [4.69, 9.17) is 0 Å². The van der Waals surface area contributed by atoms with Crippen molar-refractivity contribution in [1.29, 1.82) is 0 Å². The van der Waals surface area contributed by atoms with Crippen molar-refractivity contribution in [2.24, 2.45) is 23.7 Å². The maximum absolute atomic E-state index is 12.0. The number of aliphatic hydroxyl groups excluding tert-OH is 1. The monoisotopic (exact) mass is 296 g/mol. The van der Waals surface area contributed by atoms with Gasteiger partial charge < -0.3 is 15.7 Å². The molecule has 4 atom stereocenters. The standard InChI is InChI=1S/C16H28N2O3/c1-10(2)3-6-14(20)17-8-15(21)18-16-12-5-4-11(7-12)13(16)9-19/h10-13,16,19H,3-9H2,1-2H3,(H,17,20)(H,18,21). The molecule has 4 unspecified atom stereocenters. The first-order valence-corrected chi connectivity index (χ1v) is 8.18. The Morgan fingerprint density at radius 2 is 1.90 bits per heavy atom. The van der Waals surface area contributed by atoms with Crippen LogP contribution in [0.1, 0.15) is 46.0 Å². The first-order valence-electron chi connectivity index (χ1n) is 8.18. The Balaban J connectivity index is 1.71. The van der Waals surface area contributed by atoms with Crippen molar-refractivity contribution < 1.29 is 14.7 Å². The predicted molar refractivity (Wildman–Crippen MR) is 80.4 cm³/mol. The number of fused-ring (bicyclic) bond motifs is 2. The van der Waals surface area contributed by atoms with E-state index >= 15 is 0 Å². The number of amides is 2. The fraction of sp³-hybridized carbons (Fsp3) is 0.875. The lowest BCUT2D eigenvalue weighted by atomic mass is 9.85. The summed E-state index contributed by atoms with van der Waals surface area (Å²) in [6.45, 7) is 4.34. The highest BCUT2D eigenvalue weighted by Crippen LogP contribution is 2.48. The van der Waals surface area contributed by atoms with Crippen molar-refractivity contribution in [3.05, 3.63) is 0 Å². The molecule has 0 aromatic heterocycles. The number of carbonyl (C=O) groups excluding carboxylic acids is 2. The van der Waals surface area contributed by atoms with Crippen molar-refractivity contribution >= 4 is 11.8 Å². The zero-order valence-electron chi connectivity index (χ0n) is 13.1. The molecular weight excluding hydrogens is 268 g/mol. The first kappa shape index (κ1) is 16.3. The van der Waals surface area contributed by atoms with Gasteiger partial charge in [-0.3, -0.25) is 9.59 Å². The fourth-order valence-corrected chi connectivity index (χ4v) is 3.82. The summed E-state index contributed by atoms with van der Waals surface area (Å²) in [4.78, 5) is 23.6. The minimum Gasteiger partial charge on any atom is -0.396 e. The molecule has 21 heavy (non-hydrogen) atoms. The maximum Gasteiger partial charge on any atom is 0.239 e. The van der Waals surface area contributed by atoms with E-state index < -0.39 is 0 Å². The molecule has 2 fully saturated rings. The highest BCUT2D eigenvalue weighted by molar-refractivity contribution is 5.84. The second kappa shape index (κ2) is 7.25. The summed E-state index contributed by atoms with van der Waals surface area (Å²) >= 11 is 0. The van der Waals surface area contributed by atoms with Crippen LogP contribution < -0.4 is 10.6 Å². The number of hydrogen-bond donors (Lipinski definition) is 3. The number of nitrogens with one attached hydrogen (secondary N) is 2. The maximum atomic E-state index is 12.0. The van der Waals surface area contributed by atoms with Gasteiger partial charge in [0.2, 0.25) is 11.8 Å². The summed E-state index contributed by atoms with van der Waals surface area (Å²) in [5.74, 6) is 1.56. The molecule has 0 saturated heterocycles. The van der Waals surface area contributed by atoms with Crippen molar-refractivity contribution in [1.82, 2.24) is 10.6 Å². The lowest BCUT2D eigenvalue weighted by Crippen LogP contribution is -2.48. The van der Waals surface area contributed by atoms with Crippen LogP contribution >= 0.6 is 0 Å². The molecule has 0 heterocycles. The van der Waals surface area contributed by atoms with Crippen LogP contribution in [0.25, 0.3) is 0 Å². The van der Waals surface area contributed by atoms with Gasteiger partial charge in [-0.25, -0.2) is 0 Å². The SMILES string of the molecule is CC(C)CCC(=O)NCC(=O)NC1C2CCC(C2)C1CO. The van der Waals surface area contributed by atoms with Gasteiger partial charge in [0.1, 0.15) is 0 Å². The van der Waals surface area contributed by atoms with E-state index in [1.807, 2.05) is 0 Å². The third-order valence-corrected chi connectivity index (χ3v) is 5.02. The van der Waals surface area contributed by atoms with Crippen molar-refractivity contribution in [2.45, 2.75) is 52.0 Å². The molecule has 0 aromatic rings. The smallest absolute Gasteiger partial charge is 0.239 e. The van der Waals surface area contributed by atoms with Gasteiger partial charge in [0.25, 0.3) is 0 Å². The van der Waals surface area contributed by atoms with E-state index in [1.54, 1.807) is 0 Å². The zero-order valence-corrected chi connectivity index (χ0v) is 13.1. The second-order valence-corrected chi connectivity index (χ2v) is 6.98. The number of carbonyl (C=O) groups is 2. The summed E-state index contributed by atoms with van der Waals surface area (Å²) in [6, 6.07) is 0.0915. The molecule has 2 aliphatic rings. The summed E-state index contributed by atoms with van der Waals surface area (Å²) < 4.78 is 0. The molecule has 2 aliphatic carbocycles. The summed E-state index contributed by atoms with van der Waals surface area (Å²) in [5.41, 5.74) is 0. The topological polar surface area (TPSA) is 78.4 Å². The van der Waals surface area contributed by atoms with E-state index in [2.05, 4.69) is 24.5 Å². The van der Waals surface area contributed by atoms with Crippen LogP contribution in [0.15, 0.2) is 0 Å². The van der Waals surface area contributed by atoms with Crippen LogP contribution in [0.4, 0.5) is 0 Å². The van der Waals surface area contributed by atoms with Gasteiger partial charge in [0.15, 0.2) is 0 Å². The Kier molecular flexibility index (Phi) is 5.62. The predicted octanol–water partition coefficient (Wildman–Crippen LogP) is 1.06. The van der Waals surface area contributed by atoms with Crippen LogP contribution in [-0.2, 0) is 9.59 Å². The average Bonchev–Trinajstić information content (AvgIpc) is 3.03. The van der Waals surface area contributed by atoms with Gasteiger partial charge in [0.05, 0.1) is 6.54 Å². The van der Waals surface area contributed by atoms with Crippen LogP contribution in [0.5, 0.6) is 0 Å². The zero-order chi connectivity index (χ0) is 15.4. The van der Waals surface area contributed by atoms with Gasteiger partial charge in [-0.15, -0.1) is 0 Å². The van der Waals surface area contributed by atoms with Gasteiger partial charge in [-0.2, -0.15) is 0 Å². The molecule has 0 aliphatic heterocycles. The quantitative estimate of drug-likeness (QED) is 0.657. The number of hydrogen-bond acceptors (Lipinski definition) is 3. The Labute approximate surface area is 126 Å². The third kappa shape index (κ3) is 4.19. The Morgan fingerprint density at radius 3 is 2.57 bits per heavy atom. The molecule has 5 nitrogen and oxygen atoms in total. The molecule has 0 radical (unpaired) electrons. The van der Waals surface area contributed by atoms with Crippen LogP contribution in [0, 0.1) is 23.7 Å². The second-order valence-electron chi connectivity index (χ2n) is 6.98. The Morgan fingerprint density at radius 1 is 1.19 bits per heavy atom. The van der Waals surface area contributed by atoms with Gasteiger partial charge >= 0.3 is 0 Å². The lowest BCUT2D eigenvalue weighted by Gasteiger charge is -2.30. The molecule has 120 valence electrons. The first-order chi connectivity index (χ1) is 10.0. The molecular formula is C16H28N2O3. The molecule has 2 amide bonds. The third-order valence-electron chi connectivity index (χ3n) is 5.02. The summed E-state index contributed by atoms with van der Waals surface area (Å²) in [7, 11) is 0. The minimum atomic E-state index is -0.135. The Hall–Kier alpha value is -1.10. The van der Waals surface area contributed by atoms with E-state index in [-0.39, 0.29) is 36.9 Å². The Bertz CT molecular complexity index is 384. The molecule has 3 N–H and O–H groups in total. The van der Waals surface area contributed by atoms with Crippen molar-refractivity contribution in [3.8, 4) is 0 Å². The molecule has 5 heteroatoms. The van der Waals surface area contributed by atoms with Crippen LogP contribution in [-0.4, -0.2) is 36.1 Å². The lowest BCUT2D eigenvalue weighted by molar-refractivity contribution is -0.127. The summed E-state index contributed by atoms with van der Waals surface area (Å²) in [5, 5.41) is 15.2. The fourth-order valence-electron chi connectivity index (χ4n) is 3.82. The number of aliphatic hydroxyl groups is 1. The number of rotatable bonds is 7. The van der Waals surface area contributed by atoms with E-state index in [9.17, 15) is 14.7 Å². The van der Waals surface area contributed by atoms with E-state index in [0.717, 1.165) is 19.3 Å². The van der Waals surface area contributed by atoms with Crippen molar-refractivity contribution in [2.75, 3.05) is 13.2 Å². The van der Waals surface area contributed by atoms with Gasteiger partial charge in [-0.1, -0.05) is 13.8 Å². The van der Waals surface area contributed by atoms with E-state index in [0.29, 0.717) is 24.2 Å². The van der Waals surface area contributed by atoms with Crippen LogP contribution in [0.3, 0.4) is 0 Å². The molecule has 0 spiro atoms. The normalized spacial score (nSPS) is 30.7. The highest BCUT2D eigenvalue weighted by Gasteiger charge is 2.47.